The summed E-state index contributed by atoms with van der Waals surface area (Å²) >= 11 is 0. The lowest BCUT2D eigenvalue weighted by Crippen LogP contribution is -2.45. The molecule has 1 fully saturated rings. The molecular formula is C18H23NO3. The summed E-state index contributed by atoms with van der Waals surface area (Å²) in [7, 11) is 0. The Morgan fingerprint density at radius 2 is 1.95 bits per heavy atom. The summed E-state index contributed by atoms with van der Waals surface area (Å²) in [5.74, 6) is 0.350. The molecule has 118 valence electrons. The molecule has 0 heterocycles. The molecule has 3 rings (SSSR count). The highest BCUT2D eigenvalue weighted by atomic mass is 16.6. The zero-order chi connectivity index (χ0) is 15.9. The van der Waals surface area contributed by atoms with Crippen LogP contribution in [0.3, 0.4) is 0 Å². The second kappa shape index (κ2) is 5.41. The van der Waals surface area contributed by atoms with Crippen LogP contribution in [0.1, 0.15) is 49.5 Å². The van der Waals surface area contributed by atoms with Crippen molar-refractivity contribution in [1.82, 2.24) is 5.32 Å². The van der Waals surface area contributed by atoms with Gasteiger partial charge in [0.1, 0.15) is 5.60 Å². The number of fused-ring (bicyclic) bond motifs is 3. The van der Waals surface area contributed by atoms with Gasteiger partial charge in [-0.15, -0.1) is 0 Å². The van der Waals surface area contributed by atoms with Gasteiger partial charge in [0.25, 0.3) is 0 Å². The van der Waals surface area contributed by atoms with Crippen molar-refractivity contribution in [2.45, 2.75) is 51.7 Å². The number of hydrogen-bond donors (Lipinski definition) is 1. The molecule has 1 aromatic carbocycles. The summed E-state index contributed by atoms with van der Waals surface area (Å²) < 4.78 is 5.36. The second-order valence-corrected chi connectivity index (χ2v) is 7.34. The molecule has 4 heteroatoms. The number of carbonyl (C=O) groups excluding carboxylic acids is 2. The third kappa shape index (κ3) is 2.87. The first-order valence-corrected chi connectivity index (χ1v) is 7.97. The van der Waals surface area contributed by atoms with E-state index in [0.29, 0.717) is 5.92 Å². The van der Waals surface area contributed by atoms with Crippen LogP contribution in [0.15, 0.2) is 24.3 Å². The highest BCUT2D eigenvalue weighted by Gasteiger charge is 2.44. The van der Waals surface area contributed by atoms with Crippen LogP contribution in [-0.2, 0) is 11.2 Å². The maximum Gasteiger partial charge on any atom is 0.407 e. The first-order chi connectivity index (χ1) is 10.3. The first-order valence-electron chi connectivity index (χ1n) is 7.97. The summed E-state index contributed by atoms with van der Waals surface area (Å²) in [6.45, 7) is 5.53. The van der Waals surface area contributed by atoms with Crippen molar-refractivity contribution in [3.8, 4) is 0 Å². The fourth-order valence-electron chi connectivity index (χ4n) is 3.69. The van der Waals surface area contributed by atoms with Crippen LogP contribution in [0.4, 0.5) is 4.79 Å². The van der Waals surface area contributed by atoms with Gasteiger partial charge in [-0.2, -0.15) is 0 Å². The van der Waals surface area contributed by atoms with E-state index in [9.17, 15) is 9.59 Å². The van der Waals surface area contributed by atoms with Crippen molar-refractivity contribution < 1.29 is 14.3 Å². The number of Topliss-reactive ketones (excluding diaryl/α,β-unsaturated/α-hetero) is 1. The highest BCUT2D eigenvalue weighted by molar-refractivity contribution is 6.00. The number of rotatable bonds is 1. The van der Waals surface area contributed by atoms with E-state index in [0.717, 1.165) is 30.4 Å². The SMILES string of the molecule is CC(C)(C)OC(=O)NC1C2CCC1C(=O)c1ccccc1C2. The number of alkyl carbamates (subject to hydrolysis) is 1. The number of nitrogens with one attached hydrogen (secondary N) is 1. The van der Waals surface area contributed by atoms with Crippen LogP contribution in [-0.4, -0.2) is 23.5 Å². The van der Waals surface area contributed by atoms with E-state index >= 15 is 0 Å². The average Bonchev–Trinajstić information content (AvgIpc) is 2.74. The largest absolute Gasteiger partial charge is 0.444 e. The lowest BCUT2D eigenvalue weighted by Gasteiger charge is -2.26. The van der Waals surface area contributed by atoms with Crippen molar-refractivity contribution in [3.63, 3.8) is 0 Å². The Balaban J connectivity index is 1.81. The lowest BCUT2D eigenvalue weighted by atomic mass is 9.92. The molecule has 0 aliphatic heterocycles. The zero-order valence-corrected chi connectivity index (χ0v) is 13.4. The van der Waals surface area contributed by atoms with Gasteiger partial charge in [0, 0.05) is 17.5 Å². The zero-order valence-electron chi connectivity index (χ0n) is 13.4. The number of ketones is 1. The molecule has 3 unspecified atom stereocenters. The topological polar surface area (TPSA) is 55.4 Å². The molecule has 2 bridgehead atoms. The minimum atomic E-state index is -0.527. The molecule has 0 radical (unpaired) electrons. The number of ether oxygens (including phenoxy) is 1. The van der Waals surface area contributed by atoms with E-state index in [-0.39, 0.29) is 17.7 Å². The van der Waals surface area contributed by atoms with Gasteiger partial charge in [0.05, 0.1) is 0 Å². The predicted molar refractivity (Wildman–Crippen MR) is 83.8 cm³/mol. The van der Waals surface area contributed by atoms with Gasteiger partial charge < -0.3 is 10.1 Å². The molecule has 4 nitrogen and oxygen atoms in total. The average molecular weight is 301 g/mol. The Labute approximate surface area is 131 Å². The maximum atomic E-state index is 12.8. The first kappa shape index (κ1) is 15.1. The predicted octanol–water partition coefficient (Wildman–Crippen LogP) is 3.34. The molecule has 0 saturated heterocycles. The van der Waals surface area contributed by atoms with Gasteiger partial charge in [-0.3, -0.25) is 4.79 Å². The van der Waals surface area contributed by atoms with Crippen LogP contribution in [0.25, 0.3) is 0 Å². The summed E-state index contributed by atoms with van der Waals surface area (Å²) in [4.78, 5) is 24.9. The lowest BCUT2D eigenvalue weighted by molar-refractivity contribution is 0.0478. The van der Waals surface area contributed by atoms with Crippen LogP contribution in [0, 0.1) is 11.8 Å². The van der Waals surface area contributed by atoms with Crippen molar-refractivity contribution in [3.05, 3.63) is 35.4 Å². The summed E-state index contributed by atoms with van der Waals surface area (Å²) in [6, 6.07) is 7.70. The number of benzene rings is 1. The summed E-state index contributed by atoms with van der Waals surface area (Å²) in [5, 5.41) is 2.96. The molecule has 22 heavy (non-hydrogen) atoms. The second-order valence-electron chi connectivity index (χ2n) is 7.34. The molecule has 1 saturated carbocycles. The van der Waals surface area contributed by atoms with E-state index in [1.54, 1.807) is 0 Å². The Kier molecular flexibility index (Phi) is 3.71. The van der Waals surface area contributed by atoms with E-state index in [2.05, 4.69) is 5.32 Å². The summed E-state index contributed by atoms with van der Waals surface area (Å²) in [5.41, 5.74) is 1.40. The molecular weight excluding hydrogens is 278 g/mol. The molecule has 1 aromatic rings. The molecule has 0 aromatic heterocycles. The normalized spacial score (nSPS) is 27.0. The van der Waals surface area contributed by atoms with Crippen LogP contribution in [0.5, 0.6) is 0 Å². The molecule has 1 N–H and O–H groups in total. The summed E-state index contributed by atoms with van der Waals surface area (Å²) in [6.07, 6.45) is 2.25. The molecule has 1 amide bonds. The Hall–Kier alpha value is -1.84. The third-order valence-corrected chi connectivity index (χ3v) is 4.57. The van der Waals surface area contributed by atoms with Crippen LogP contribution < -0.4 is 5.32 Å². The van der Waals surface area contributed by atoms with Crippen molar-refractivity contribution in [2.24, 2.45) is 11.8 Å². The van der Waals surface area contributed by atoms with Gasteiger partial charge in [-0.1, -0.05) is 24.3 Å². The van der Waals surface area contributed by atoms with E-state index < -0.39 is 11.7 Å². The highest BCUT2D eigenvalue weighted by Crippen LogP contribution is 2.40. The smallest absolute Gasteiger partial charge is 0.407 e. The molecule has 2 aliphatic rings. The number of carbonyl (C=O) groups is 2. The molecule has 0 spiro atoms. The quantitative estimate of drug-likeness (QED) is 0.865. The monoisotopic (exact) mass is 301 g/mol. The Morgan fingerprint density at radius 1 is 1.23 bits per heavy atom. The van der Waals surface area contributed by atoms with E-state index in [1.807, 2.05) is 45.0 Å². The van der Waals surface area contributed by atoms with Gasteiger partial charge in [-0.05, 0) is 51.5 Å². The maximum absolute atomic E-state index is 12.8. The van der Waals surface area contributed by atoms with E-state index in [1.165, 1.54) is 0 Å². The number of amides is 1. The fraction of sp³-hybridized carbons (Fsp3) is 0.556. The van der Waals surface area contributed by atoms with Gasteiger partial charge in [-0.25, -0.2) is 4.79 Å². The third-order valence-electron chi connectivity index (χ3n) is 4.57. The van der Waals surface area contributed by atoms with Gasteiger partial charge in [0.2, 0.25) is 0 Å². The van der Waals surface area contributed by atoms with Crippen molar-refractivity contribution >= 4 is 11.9 Å². The fourth-order valence-corrected chi connectivity index (χ4v) is 3.69. The van der Waals surface area contributed by atoms with Gasteiger partial charge >= 0.3 is 6.09 Å². The minimum Gasteiger partial charge on any atom is -0.444 e. The Morgan fingerprint density at radius 3 is 2.68 bits per heavy atom. The molecule has 3 atom stereocenters. The van der Waals surface area contributed by atoms with Crippen LogP contribution >= 0.6 is 0 Å². The van der Waals surface area contributed by atoms with Crippen LogP contribution in [0.2, 0.25) is 0 Å². The Bertz CT molecular complexity index is 603. The van der Waals surface area contributed by atoms with Gasteiger partial charge in [0.15, 0.2) is 5.78 Å². The minimum absolute atomic E-state index is 0.116. The number of hydrogen-bond acceptors (Lipinski definition) is 3. The van der Waals surface area contributed by atoms with E-state index in [4.69, 9.17) is 4.74 Å². The van der Waals surface area contributed by atoms with Crippen molar-refractivity contribution in [2.75, 3.05) is 0 Å². The standard InChI is InChI=1S/C18H23NO3/c1-18(2,3)22-17(21)19-15-12-8-9-14(15)16(20)13-7-5-4-6-11(13)10-12/h4-7,12,14-15H,8-10H2,1-3H3,(H,19,21). The molecule has 2 aliphatic carbocycles. The van der Waals surface area contributed by atoms with Crippen molar-refractivity contribution in [1.29, 1.82) is 0 Å².